The molecule has 0 fully saturated rings. The Balaban J connectivity index is 2.54. The highest BCUT2D eigenvalue weighted by molar-refractivity contribution is 7.71. The van der Waals surface area contributed by atoms with Crippen molar-refractivity contribution >= 4 is 18.2 Å². The Labute approximate surface area is 115 Å². The van der Waals surface area contributed by atoms with Crippen LogP contribution in [0.1, 0.15) is 25.8 Å². The maximum Gasteiger partial charge on any atom is 0.326 e. The minimum atomic E-state index is -0.892. The summed E-state index contributed by atoms with van der Waals surface area (Å²) in [5, 5.41) is 16.2. The van der Waals surface area contributed by atoms with Gasteiger partial charge >= 0.3 is 5.97 Å². The summed E-state index contributed by atoms with van der Waals surface area (Å²) in [5.41, 5.74) is 0.845. The summed E-state index contributed by atoms with van der Waals surface area (Å²) in [6.07, 6.45) is 1.28. The molecule has 0 radical (unpaired) electrons. The summed E-state index contributed by atoms with van der Waals surface area (Å²) in [4.78, 5) is 11.4. The molecule has 2 rings (SSSR count). The Kier molecular flexibility index (Phi) is 4.11. The van der Waals surface area contributed by atoms with Crippen LogP contribution < -0.4 is 0 Å². The van der Waals surface area contributed by atoms with E-state index in [9.17, 15) is 9.90 Å². The lowest BCUT2D eigenvalue weighted by molar-refractivity contribution is -0.141. The molecule has 0 saturated carbocycles. The number of benzene rings is 1. The molecule has 1 aromatic heterocycles. The van der Waals surface area contributed by atoms with Crippen LogP contribution in [0.3, 0.4) is 0 Å². The zero-order chi connectivity index (χ0) is 13.8. The van der Waals surface area contributed by atoms with E-state index < -0.39 is 12.0 Å². The van der Waals surface area contributed by atoms with Crippen molar-refractivity contribution in [2.45, 2.75) is 25.8 Å². The van der Waals surface area contributed by atoms with Crippen LogP contribution in [0.25, 0.3) is 11.4 Å². The molecule has 2 aromatic rings. The molecule has 1 heterocycles. The predicted molar refractivity (Wildman–Crippen MR) is 74.4 cm³/mol. The minimum Gasteiger partial charge on any atom is -0.480 e. The van der Waals surface area contributed by atoms with E-state index in [1.54, 1.807) is 4.57 Å². The number of hydrogen-bond acceptors (Lipinski definition) is 3. The third kappa shape index (κ3) is 2.73. The molecular weight excluding hydrogens is 262 g/mol. The second-order valence-corrected chi connectivity index (χ2v) is 4.62. The number of carbonyl (C=O) groups is 1. The van der Waals surface area contributed by atoms with Gasteiger partial charge in [-0.3, -0.25) is 9.67 Å². The molecule has 0 aliphatic rings. The molecular formula is C13H15N3O2S. The highest BCUT2D eigenvalue weighted by atomic mass is 32.1. The van der Waals surface area contributed by atoms with E-state index in [1.165, 1.54) is 0 Å². The lowest BCUT2D eigenvalue weighted by Crippen LogP contribution is -2.20. The zero-order valence-electron chi connectivity index (χ0n) is 10.5. The lowest BCUT2D eigenvalue weighted by Gasteiger charge is -2.15. The highest BCUT2D eigenvalue weighted by Gasteiger charge is 2.23. The molecule has 2 N–H and O–H groups in total. The summed E-state index contributed by atoms with van der Waals surface area (Å²) < 4.78 is 1.91. The largest absolute Gasteiger partial charge is 0.480 e. The van der Waals surface area contributed by atoms with Gasteiger partial charge in [-0.2, -0.15) is 5.10 Å². The Hall–Kier alpha value is -1.95. The SMILES string of the molecule is CCCC(C(=O)O)n1c(-c2ccccc2)n[nH]c1=S. The van der Waals surface area contributed by atoms with Crippen molar-refractivity contribution < 1.29 is 9.90 Å². The molecule has 19 heavy (non-hydrogen) atoms. The van der Waals surface area contributed by atoms with Crippen molar-refractivity contribution in [3.63, 3.8) is 0 Å². The summed E-state index contributed by atoms with van der Waals surface area (Å²) in [7, 11) is 0. The third-order valence-electron chi connectivity index (χ3n) is 2.90. The van der Waals surface area contributed by atoms with Crippen molar-refractivity contribution in [3.8, 4) is 11.4 Å². The fourth-order valence-electron chi connectivity index (χ4n) is 2.02. The quantitative estimate of drug-likeness (QED) is 0.824. The van der Waals surface area contributed by atoms with Gasteiger partial charge in [-0.05, 0) is 18.6 Å². The van der Waals surface area contributed by atoms with E-state index >= 15 is 0 Å². The number of carboxylic acid groups (broad SMARTS) is 1. The van der Waals surface area contributed by atoms with Gasteiger partial charge in [-0.1, -0.05) is 43.7 Å². The van der Waals surface area contributed by atoms with Crippen LogP contribution in [0.2, 0.25) is 0 Å². The number of hydrogen-bond donors (Lipinski definition) is 2. The van der Waals surface area contributed by atoms with Crippen molar-refractivity contribution in [2.24, 2.45) is 0 Å². The third-order valence-corrected chi connectivity index (χ3v) is 3.18. The van der Waals surface area contributed by atoms with Crippen LogP contribution in [-0.4, -0.2) is 25.8 Å². The Morgan fingerprint density at radius 2 is 2.16 bits per heavy atom. The van der Waals surface area contributed by atoms with Crippen LogP contribution in [0.15, 0.2) is 30.3 Å². The van der Waals surface area contributed by atoms with E-state index in [-0.39, 0.29) is 0 Å². The Morgan fingerprint density at radius 1 is 1.47 bits per heavy atom. The van der Waals surface area contributed by atoms with Crippen molar-refractivity contribution in [2.75, 3.05) is 0 Å². The van der Waals surface area contributed by atoms with Crippen molar-refractivity contribution in [1.82, 2.24) is 14.8 Å². The molecule has 1 unspecified atom stereocenters. The van der Waals surface area contributed by atoms with Crippen LogP contribution in [0.5, 0.6) is 0 Å². The average molecular weight is 277 g/mol. The molecule has 0 spiro atoms. The van der Waals surface area contributed by atoms with Gasteiger partial charge in [-0.25, -0.2) is 4.79 Å². The van der Waals surface area contributed by atoms with Crippen molar-refractivity contribution in [3.05, 3.63) is 35.1 Å². The van der Waals surface area contributed by atoms with Gasteiger partial charge in [-0.15, -0.1) is 0 Å². The van der Waals surface area contributed by atoms with Crippen LogP contribution in [-0.2, 0) is 4.79 Å². The first-order chi connectivity index (χ1) is 9.15. The molecule has 0 saturated heterocycles. The smallest absolute Gasteiger partial charge is 0.326 e. The number of carboxylic acids is 1. The van der Waals surface area contributed by atoms with E-state index in [2.05, 4.69) is 10.2 Å². The molecule has 0 aliphatic heterocycles. The van der Waals surface area contributed by atoms with Gasteiger partial charge in [0, 0.05) is 5.56 Å². The van der Waals surface area contributed by atoms with Gasteiger partial charge in [0.25, 0.3) is 0 Å². The van der Waals surface area contributed by atoms with Gasteiger partial charge in [0.1, 0.15) is 6.04 Å². The van der Waals surface area contributed by atoms with Gasteiger partial charge in [0.15, 0.2) is 10.6 Å². The second-order valence-electron chi connectivity index (χ2n) is 4.23. The molecule has 0 amide bonds. The number of rotatable bonds is 5. The second kappa shape index (κ2) is 5.79. The normalized spacial score (nSPS) is 12.3. The summed E-state index contributed by atoms with van der Waals surface area (Å²) in [6, 6.07) is 8.74. The first-order valence-electron chi connectivity index (χ1n) is 6.10. The first-order valence-corrected chi connectivity index (χ1v) is 6.51. The minimum absolute atomic E-state index is 0.333. The van der Waals surface area contributed by atoms with E-state index in [0.29, 0.717) is 17.0 Å². The predicted octanol–water partition coefficient (Wildman–Crippen LogP) is 3.03. The molecule has 100 valence electrons. The number of aliphatic carboxylic acids is 1. The van der Waals surface area contributed by atoms with Gasteiger partial charge < -0.3 is 5.11 Å². The topological polar surface area (TPSA) is 70.9 Å². The molecule has 6 heteroatoms. The summed E-state index contributed by atoms with van der Waals surface area (Å²) in [5.74, 6) is -0.331. The Morgan fingerprint density at radius 3 is 2.74 bits per heavy atom. The monoisotopic (exact) mass is 277 g/mol. The maximum absolute atomic E-state index is 11.4. The van der Waals surface area contributed by atoms with Crippen LogP contribution in [0, 0.1) is 4.77 Å². The zero-order valence-corrected chi connectivity index (χ0v) is 11.4. The summed E-state index contributed by atoms with van der Waals surface area (Å²) in [6.45, 7) is 1.95. The van der Waals surface area contributed by atoms with Crippen molar-refractivity contribution in [1.29, 1.82) is 0 Å². The van der Waals surface area contributed by atoms with E-state index in [0.717, 1.165) is 12.0 Å². The van der Waals surface area contributed by atoms with Crippen LogP contribution in [0.4, 0.5) is 0 Å². The number of nitrogens with zero attached hydrogens (tertiary/aromatic N) is 2. The number of nitrogens with one attached hydrogen (secondary N) is 1. The molecule has 5 nitrogen and oxygen atoms in total. The summed E-state index contributed by atoms with van der Waals surface area (Å²) >= 11 is 5.16. The number of H-pyrrole nitrogens is 1. The van der Waals surface area contributed by atoms with Crippen LogP contribution >= 0.6 is 12.2 Å². The molecule has 0 bridgehead atoms. The van der Waals surface area contributed by atoms with E-state index in [1.807, 2.05) is 37.3 Å². The van der Waals surface area contributed by atoms with Gasteiger partial charge in [0.05, 0.1) is 0 Å². The number of aromatic amines is 1. The first kappa shape index (κ1) is 13.5. The molecule has 1 aromatic carbocycles. The van der Waals surface area contributed by atoms with Gasteiger partial charge in [0.2, 0.25) is 0 Å². The molecule has 0 aliphatic carbocycles. The fourth-order valence-corrected chi connectivity index (χ4v) is 2.28. The standard InChI is InChI=1S/C13H15N3O2S/c1-2-6-10(12(17)18)16-11(14-15-13(16)19)9-7-4-3-5-8-9/h3-5,7-8,10H,2,6H2,1H3,(H,15,19)(H,17,18). The fraction of sp³-hybridized carbons (Fsp3) is 0.308. The molecule has 1 atom stereocenters. The average Bonchev–Trinajstić information content (AvgIpc) is 2.78. The Bertz CT molecular complexity index is 618. The highest BCUT2D eigenvalue weighted by Crippen LogP contribution is 2.23. The van der Waals surface area contributed by atoms with E-state index in [4.69, 9.17) is 12.2 Å². The lowest BCUT2D eigenvalue weighted by atomic mass is 10.1. The number of aromatic nitrogens is 3. The maximum atomic E-state index is 11.4.